The van der Waals surface area contributed by atoms with Gasteiger partial charge in [0.25, 0.3) is 0 Å². The van der Waals surface area contributed by atoms with E-state index in [-0.39, 0.29) is 17.7 Å². The number of thiophene rings is 1. The lowest BCUT2D eigenvalue weighted by molar-refractivity contribution is 0.0507. The van der Waals surface area contributed by atoms with E-state index in [0.717, 1.165) is 14.0 Å². The Morgan fingerprint density at radius 1 is 1.22 bits per heavy atom. The second-order valence-electron chi connectivity index (χ2n) is 10.4. The van der Waals surface area contributed by atoms with Crippen LogP contribution in [-0.2, 0) is 22.4 Å². The zero-order valence-corrected chi connectivity index (χ0v) is 24.6. The fraction of sp³-hybridized carbons (Fsp3) is 0.480. The van der Waals surface area contributed by atoms with E-state index in [1.165, 1.54) is 16.2 Å². The Kier molecular flexibility index (Phi) is 8.63. The molecular formula is C25H31BrClN3O5S. The van der Waals surface area contributed by atoms with Crippen LogP contribution in [0.15, 0.2) is 33.4 Å². The Bertz CT molecular complexity index is 1230. The number of hydrogen-bond donors (Lipinski definition) is 1. The molecule has 0 fully saturated rings. The molecule has 3 aromatic heterocycles. The van der Waals surface area contributed by atoms with Crippen LogP contribution in [0.2, 0.25) is 5.15 Å². The third-order valence-corrected chi connectivity index (χ3v) is 7.19. The first kappa shape index (κ1) is 28.3. The number of nitrogens with one attached hydrogen (secondary N) is 1. The topological polar surface area (TPSA) is 93.9 Å². The highest BCUT2D eigenvalue weighted by atomic mass is 79.9. The maximum Gasteiger partial charge on any atom is 0.415 e. The van der Waals surface area contributed by atoms with Gasteiger partial charge in [-0.25, -0.2) is 14.6 Å². The molecule has 0 aromatic carbocycles. The molecule has 3 aromatic rings. The number of furan rings is 1. The van der Waals surface area contributed by atoms with Crippen molar-refractivity contribution in [2.45, 2.75) is 78.7 Å². The molecule has 0 aliphatic rings. The molecule has 0 saturated heterocycles. The molecular weight excluding hydrogens is 570 g/mol. The van der Waals surface area contributed by atoms with Crippen molar-refractivity contribution in [3.05, 3.63) is 44.7 Å². The number of ether oxygens (including phenoxy) is 2. The molecule has 36 heavy (non-hydrogen) atoms. The Labute approximate surface area is 228 Å². The van der Waals surface area contributed by atoms with Gasteiger partial charge >= 0.3 is 12.2 Å². The second-order valence-corrected chi connectivity index (χ2v) is 12.7. The fourth-order valence-electron chi connectivity index (χ4n) is 3.33. The summed E-state index contributed by atoms with van der Waals surface area (Å²) in [5.41, 5.74) is -0.106. The van der Waals surface area contributed by atoms with E-state index in [0.29, 0.717) is 23.4 Å². The van der Waals surface area contributed by atoms with Crippen LogP contribution in [0, 0.1) is 0 Å². The highest BCUT2D eigenvalue weighted by Crippen LogP contribution is 2.42. The van der Waals surface area contributed by atoms with Crippen LogP contribution in [0.3, 0.4) is 0 Å². The van der Waals surface area contributed by atoms with Gasteiger partial charge in [0.15, 0.2) is 0 Å². The lowest BCUT2D eigenvalue weighted by Crippen LogP contribution is -2.38. The number of fused-ring (bicyclic) bond motifs is 1. The molecule has 0 unspecified atom stereocenters. The van der Waals surface area contributed by atoms with E-state index in [4.69, 9.17) is 25.5 Å². The number of alkyl carbamates (subject to hydrolysis) is 1. The van der Waals surface area contributed by atoms with Crippen LogP contribution in [0.5, 0.6) is 0 Å². The van der Waals surface area contributed by atoms with E-state index < -0.39 is 23.4 Å². The molecule has 0 saturated carbocycles. The number of halogens is 2. The summed E-state index contributed by atoms with van der Waals surface area (Å²) in [4.78, 5) is 32.4. The predicted molar refractivity (Wildman–Crippen MR) is 146 cm³/mol. The molecule has 8 nitrogen and oxygen atoms in total. The number of anilines is 1. The van der Waals surface area contributed by atoms with Crippen molar-refractivity contribution in [3.63, 3.8) is 0 Å². The van der Waals surface area contributed by atoms with E-state index >= 15 is 0 Å². The standard InChI is InChI=1S/C25H31BrClN3O5S/c1-14(28-22(31)34-24(2,3)4)11-17-19(26)20-21(36-17)16(12-18(27)29-20)30(13-15-9-8-10-33-15)23(32)35-25(5,6)7/h8-10,12,14H,11,13H2,1-7H3,(H,28,31)/t14-/m0/s1. The minimum absolute atomic E-state index is 0.152. The molecule has 0 aliphatic heterocycles. The summed E-state index contributed by atoms with van der Waals surface area (Å²) in [5, 5.41) is 3.09. The summed E-state index contributed by atoms with van der Waals surface area (Å²) in [7, 11) is 0. The molecule has 1 atom stereocenters. The van der Waals surface area contributed by atoms with Crippen LogP contribution >= 0.6 is 38.9 Å². The first-order valence-corrected chi connectivity index (χ1v) is 13.4. The van der Waals surface area contributed by atoms with Gasteiger partial charge in [-0.05, 0) is 76.5 Å². The van der Waals surface area contributed by atoms with Gasteiger partial charge in [0, 0.05) is 23.4 Å². The van der Waals surface area contributed by atoms with Crippen molar-refractivity contribution in [2.75, 3.05) is 4.90 Å². The average Bonchev–Trinajstić information content (AvgIpc) is 3.32. The molecule has 11 heteroatoms. The number of aromatic nitrogens is 1. The highest BCUT2D eigenvalue weighted by molar-refractivity contribution is 9.10. The zero-order valence-electron chi connectivity index (χ0n) is 21.4. The van der Waals surface area contributed by atoms with E-state index in [2.05, 4.69) is 26.2 Å². The zero-order chi connectivity index (χ0) is 26.8. The van der Waals surface area contributed by atoms with Crippen LogP contribution in [-0.4, -0.2) is 34.4 Å². The quantitative estimate of drug-likeness (QED) is 0.291. The monoisotopic (exact) mass is 599 g/mol. The average molecular weight is 601 g/mol. The Hall–Kier alpha value is -2.30. The molecule has 3 heterocycles. The van der Waals surface area contributed by atoms with Gasteiger partial charge in [-0.15, -0.1) is 11.3 Å². The van der Waals surface area contributed by atoms with Gasteiger partial charge < -0.3 is 19.2 Å². The van der Waals surface area contributed by atoms with Crippen LogP contribution in [0.25, 0.3) is 10.2 Å². The molecule has 3 rings (SSSR count). The molecule has 196 valence electrons. The number of carbonyl (C=O) groups excluding carboxylic acids is 2. The minimum Gasteiger partial charge on any atom is -0.467 e. The highest BCUT2D eigenvalue weighted by Gasteiger charge is 2.28. The van der Waals surface area contributed by atoms with Crippen LogP contribution in [0.4, 0.5) is 15.3 Å². The SMILES string of the molecule is C[C@@H](Cc1sc2c(N(Cc3ccco3)C(=O)OC(C)(C)C)cc(Cl)nc2c1Br)NC(=O)OC(C)(C)C. The molecule has 2 amide bonds. The molecule has 1 N–H and O–H groups in total. The van der Waals surface area contributed by atoms with Gasteiger partial charge in [0.2, 0.25) is 0 Å². The predicted octanol–water partition coefficient (Wildman–Crippen LogP) is 7.70. The minimum atomic E-state index is -0.696. The van der Waals surface area contributed by atoms with E-state index in [1.807, 2.05) is 48.5 Å². The molecule has 0 radical (unpaired) electrons. The summed E-state index contributed by atoms with van der Waals surface area (Å²) >= 11 is 11.5. The normalized spacial score (nSPS) is 12.9. The summed E-state index contributed by atoms with van der Waals surface area (Å²) < 4.78 is 18.1. The molecule has 0 spiro atoms. The Morgan fingerprint density at radius 3 is 2.47 bits per heavy atom. The van der Waals surface area contributed by atoms with Crippen molar-refractivity contribution >= 4 is 67.0 Å². The van der Waals surface area contributed by atoms with Crippen molar-refractivity contribution in [1.29, 1.82) is 0 Å². The maximum atomic E-state index is 13.3. The Balaban J connectivity index is 1.98. The fourth-order valence-corrected chi connectivity index (χ4v) is 5.63. The number of nitrogens with zero attached hydrogens (tertiary/aromatic N) is 2. The largest absolute Gasteiger partial charge is 0.467 e. The molecule has 0 aliphatic carbocycles. The summed E-state index contributed by atoms with van der Waals surface area (Å²) in [6.45, 7) is 12.9. The number of hydrogen-bond acceptors (Lipinski definition) is 7. The van der Waals surface area contributed by atoms with Crippen molar-refractivity contribution in [2.24, 2.45) is 0 Å². The number of rotatable bonds is 6. The number of pyridine rings is 1. The summed E-state index contributed by atoms with van der Waals surface area (Å²) in [6, 6.07) is 4.98. The third kappa shape index (κ3) is 7.60. The van der Waals surface area contributed by atoms with Gasteiger partial charge in [0.1, 0.15) is 22.1 Å². The van der Waals surface area contributed by atoms with E-state index in [9.17, 15) is 9.59 Å². The van der Waals surface area contributed by atoms with Gasteiger partial charge in [-0.1, -0.05) is 11.6 Å². The molecule has 0 bridgehead atoms. The summed E-state index contributed by atoms with van der Waals surface area (Å²) in [5.74, 6) is 0.591. The lowest BCUT2D eigenvalue weighted by atomic mass is 10.2. The Morgan fingerprint density at radius 2 is 1.89 bits per heavy atom. The van der Waals surface area contributed by atoms with Crippen LogP contribution < -0.4 is 10.2 Å². The number of carbonyl (C=O) groups is 2. The van der Waals surface area contributed by atoms with Gasteiger partial charge in [-0.3, -0.25) is 4.90 Å². The smallest absolute Gasteiger partial charge is 0.415 e. The third-order valence-electron chi connectivity index (χ3n) is 4.65. The first-order valence-electron chi connectivity index (χ1n) is 11.4. The number of amides is 2. The van der Waals surface area contributed by atoms with Crippen LogP contribution in [0.1, 0.15) is 59.1 Å². The first-order chi connectivity index (χ1) is 16.6. The van der Waals surface area contributed by atoms with E-state index in [1.54, 1.807) is 24.5 Å². The summed E-state index contributed by atoms with van der Waals surface area (Å²) in [6.07, 6.45) is 1.05. The van der Waals surface area contributed by atoms with Crippen molar-refractivity contribution in [1.82, 2.24) is 10.3 Å². The second kappa shape index (κ2) is 11.0. The van der Waals surface area contributed by atoms with Gasteiger partial charge in [0.05, 0.1) is 33.2 Å². The maximum absolute atomic E-state index is 13.3. The lowest BCUT2D eigenvalue weighted by Gasteiger charge is -2.27. The van der Waals surface area contributed by atoms with Crippen molar-refractivity contribution in [3.8, 4) is 0 Å². The van der Waals surface area contributed by atoms with Gasteiger partial charge in [-0.2, -0.15) is 0 Å². The van der Waals surface area contributed by atoms with Crippen molar-refractivity contribution < 1.29 is 23.5 Å².